The molecule has 0 aliphatic heterocycles. The molecule has 11 heavy (non-hydrogen) atoms. The van der Waals surface area contributed by atoms with E-state index in [2.05, 4.69) is 6.92 Å². The maximum absolute atomic E-state index is 11.2. The number of rotatable bonds is 2. The van der Waals surface area contributed by atoms with Crippen molar-refractivity contribution < 1.29 is 4.79 Å². The Bertz CT molecular complexity index is 170. The lowest BCUT2D eigenvalue weighted by atomic mass is 9.81. The van der Waals surface area contributed by atoms with Crippen LogP contribution in [0.5, 0.6) is 0 Å². The first-order chi connectivity index (χ1) is 5.25. The fourth-order valence-corrected chi connectivity index (χ4v) is 1.69. The average molecular weight is 152 g/mol. The van der Waals surface area contributed by atoms with Crippen molar-refractivity contribution >= 4 is 5.78 Å². The van der Waals surface area contributed by atoms with E-state index in [0.29, 0.717) is 11.7 Å². The Hall–Kier alpha value is -0.590. The molecule has 0 aromatic rings. The Morgan fingerprint density at radius 1 is 1.64 bits per heavy atom. The highest BCUT2D eigenvalue weighted by Crippen LogP contribution is 2.26. The number of hydrogen-bond donors (Lipinski definition) is 0. The molecular formula is C10H16O. The van der Waals surface area contributed by atoms with Crippen LogP contribution in [0.1, 0.15) is 33.1 Å². The second-order valence-corrected chi connectivity index (χ2v) is 3.38. The highest BCUT2D eigenvalue weighted by Gasteiger charge is 2.23. The molecule has 0 aromatic heterocycles. The van der Waals surface area contributed by atoms with Gasteiger partial charge in [-0.1, -0.05) is 26.3 Å². The first-order valence-electron chi connectivity index (χ1n) is 4.46. The maximum atomic E-state index is 11.2. The van der Waals surface area contributed by atoms with Gasteiger partial charge in [0.05, 0.1) is 0 Å². The smallest absolute Gasteiger partial charge is 0.158 e. The lowest BCUT2D eigenvalue weighted by Crippen LogP contribution is -2.22. The summed E-state index contributed by atoms with van der Waals surface area (Å²) in [6.07, 6.45) is 7.23. The van der Waals surface area contributed by atoms with Crippen molar-refractivity contribution in [3.63, 3.8) is 0 Å². The van der Waals surface area contributed by atoms with Gasteiger partial charge in [0, 0.05) is 5.92 Å². The standard InChI is InChI=1S/C10H16O/c1-3-5-9-6-4-7-10(11)8(9)2/h4,7-9H,3,5-6H2,1-2H3. The fourth-order valence-electron chi connectivity index (χ4n) is 1.69. The Morgan fingerprint density at radius 2 is 2.36 bits per heavy atom. The van der Waals surface area contributed by atoms with E-state index in [9.17, 15) is 4.79 Å². The Balaban J connectivity index is 2.55. The summed E-state index contributed by atoms with van der Waals surface area (Å²) in [4.78, 5) is 11.2. The number of carbonyl (C=O) groups is 1. The molecule has 0 amide bonds. The number of carbonyl (C=O) groups excluding carboxylic acids is 1. The van der Waals surface area contributed by atoms with Crippen LogP contribution in [0.15, 0.2) is 12.2 Å². The summed E-state index contributed by atoms with van der Waals surface area (Å²) in [6.45, 7) is 4.22. The van der Waals surface area contributed by atoms with Crippen LogP contribution in [0.25, 0.3) is 0 Å². The van der Waals surface area contributed by atoms with Crippen LogP contribution in [0, 0.1) is 11.8 Å². The van der Waals surface area contributed by atoms with E-state index in [-0.39, 0.29) is 5.92 Å². The Morgan fingerprint density at radius 3 is 3.00 bits per heavy atom. The van der Waals surface area contributed by atoms with Gasteiger partial charge >= 0.3 is 0 Å². The zero-order chi connectivity index (χ0) is 8.27. The summed E-state index contributed by atoms with van der Waals surface area (Å²) in [5.41, 5.74) is 0. The molecule has 1 heteroatoms. The normalized spacial score (nSPS) is 30.9. The van der Waals surface area contributed by atoms with E-state index < -0.39 is 0 Å². The third kappa shape index (κ3) is 1.92. The van der Waals surface area contributed by atoms with Crippen molar-refractivity contribution in [3.8, 4) is 0 Å². The highest BCUT2D eigenvalue weighted by atomic mass is 16.1. The van der Waals surface area contributed by atoms with Crippen LogP contribution >= 0.6 is 0 Å². The molecule has 2 unspecified atom stereocenters. The Kier molecular flexibility index (Phi) is 2.86. The average Bonchev–Trinajstić information content (AvgIpc) is 1.99. The van der Waals surface area contributed by atoms with E-state index >= 15 is 0 Å². The third-order valence-corrected chi connectivity index (χ3v) is 2.54. The summed E-state index contributed by atoms with van der Waals surface area (Å²) in [6, 6.07) is 0. The van der Waals surface area contributed by atoms with E-state index in [1.54, 1.807) is 6.08 Å². The molecule has 1 rings (SSSR count). The van der Waals surface area contributed by atoms with Gasteiger partial charge in [-0.2, -0.15) is 0 Å². The van der Waals surface area contributed by atoms with Crippen molar-refractivity contribution in [1.82, 2.24) is 0 Å². The molecule has 62 valence electrons. The summed E-state index contributed by atoms with van der Waals surface area (Å²) in [7, 11) is 0. The fraction of sp³-hybridized carbons (Fsp3) is 0.700. The molecule has 0 bridgehead atoms. The van der Waals surface area contributed by atoms with E-state index in [1.807, 2.05) is 13.0 Å². The van der Waals surface area contributed by atoms with Gasteiger partial charge < -0.3 is 0 Å². The van der Waals surface area contributed by atoms with Gasteiger partial charge in [-0.3, -0.25) is 4.79 Å². The quantitative estimate of drug-likeness (QED) is 0.594. The predicted molar refractivity (Wildman–Crippen MR) is 46.3 cm³/mol. The minimum Gasteiger partial charge on any atom is -0.295 e. The first-order valence-corrected chi connectivity index (χ1v) is 4.46. The maximum Gasteiger partial charge on any atom is 0.158 e. The second kappa shape index (κ2) is 3.70. The van der Waals surface area contributed by atoms with Gasteiger partial charge in [0.25, 0.3) is 0 Å². The minimum atomic E-state index is 0.264. The monoisotopic (exact) mass is 152 g/mol. The SMILES string of the molecule is CCCC1CC=CC(=O)C1C. The predicted octanol–water partition coefficient (Wildman–Crippen LogP) is 2.57. The molecule has 0 fully saturated rings. The summed E-state index contributed by atoms with van der Waals surface area (Å²) >= 11 is 0. The molecule has 1 aliphatic rings. The molecule has 0 N–H and O–H groups in total. The molecule has 1 aliphatic carbocycles. The molecule has 0 saturated carbocycles. The van der Waals surface area contributed by atoms with Gasteiger partial charge in [0.2, 0.25) is 0 Å². The summed E-state index contributed by atoms with van der Waals surface area (Å²) in [5, 5.41) is 0. The first kappa shape index (κ1) is 8.51. The molecule has 2 atom stereocenters. The zero-order valence-corrected chi connectivity index (χ0v) is 7.34. The van der Waals surface area contributed by atoms with Gasteiger partial charge in [-0.05, 0) is 24.8 Å². The summed E-state index contributed by atoms with van der Waals surface area (Å²) < 4.78 is 0. The topological polar surface area (TPSA) is 17.1 Å². The zero-order valence-electron chi connectivity index (χ0n) is 7.34. The molecule has 0 heterocycles. The molecule has 0 radical (unpaired) electrons. The molecule has 0 saturated heterocycles. The summed E-state index contributed by atoms with van der Waals surface area (Å²) in [5.74, 6) is 1.19. The van der Waals surface area contributed by atoms with Crippen LogP contribution in [-0.2, 0) is 4.79 Å². The van der Waals surface area contributed by atoms with Crippen molar-refractivity contribution in [1.29, 1.82) is 0 Å². The van der Waals surface area contributed by atoms with E-state index in [4.69, 9.17) is 0 Å². The van der Waals surface area contributed by atoms with Crippen molar-refractivity contribution in [2.24, 2.45) is 11.8 Å². The van der Waals surface area contributed by atoms with Crippen LogP contribution in [0.2, 0.25) is 0 Å². The molecule has 0 aromatic carbocycles. The van der Waals surface area contributed by atoms with E-state index in [1.165, 1.54) is 12.8 Å². The van der Waals surface area contributed by atoms with Crippen LogP contribution in [0.3, 0.4) is 0 Å². The van der Waals surface area contributed by atoms with Crippen molar-refractivity contribution in [3.05, 3.63) is 12.2 Å². The third-order valence-electron chi connectivity index (χ3n) is 2.54. The van der Waals surface area contributed by atoms with Gasteiger partial charge in [0.1, 0.15) is 0 Å². The second-order valence-electron chi connectivity index (χ2n) is 3.38. The van der Waals surface area contributed by atoms with Crippen LogP contribution in [-0.4, -0.2) is 5.78 Å². The molecular weight excluding hydrogens is 136 g/mol. The minimum absolute atomic E-state index is 0.264. The van der Waals surface area contributed by atoms with Crippen molar-refractivity contribution in [2.75, 3.05) is 0 Å². The molecule has 1 nitrogen and oxygen atoms in total. The van der Waals surface area contributed by atoms with E-state index in [0.717, 1.165) is 6.42 Å². The largest absolute Gasteiger partial charge is 0.295 e. The Labute approximate surface area is 68.5 Å². The molecule has 0 spiro atoms. The van der Waals surface area contributed by atoms with Gasteiger partial charge in [0.15, 0.2) is 5.78 Å². The lowest BCUT2D eigenvalue weighted by Gasteiger charge is -2.23. The van der Waals surface area contributed by atoms with Crippen LogP contribution < -0.4 is 0 Å². The van der Waals surface area contributed by atoms with Crippen molar-refractivity contribution in [2.45, 2.75) is 33.1 Å². The highest BCUT2D eigenvalue weighted by molar-refractivity contribution is 5.92. The van der Waals surface area contributed by atoms with Gasteiger partial charge in [-0.25, -0.2) is 0 Å². The number of hydrogen-bond acceptors (Lipinski definition) is 1. The van der Waals surface area contributed by atoms with Crippen LogP contribution in [0.4, 0.5) is 0 Å². The number of ketones is 1. The number of allylic oxidation sites excluding steroid dienone is 2. The van der Waals surface area contributed by atoms with Gasteiger partial charge in [-0.15, -0.1) is 0 Å². The lowest BCUT2D eigenvalue weighted by molar-refractivity contribution is -0.119.